The highest BCUT2D eigenvalue weighted by molar-refractivity contribution is 5.54. The van der Waals surface area contributed by atoms with Gasteiger partial charge in [0.05, 0.1) is 6.10 Å². The molecule has 0 spiro atoms. The molecule has 0 aromatic heterocycles. The second-order valence-corrected chi connectivity index (χ2v) is 5.90. The molecule has 2 aromatic rings. The monoisotopic (exact) mass is 281 g/mol. The molecule has 0 amide bonds. The molecule has 2 heteroatoms. The predicted molar refractivity (Wildman–Crippen MR) is 87.7 cm³/mol. The van der Waals surface area contributed by atoms with Crippen molar-refractivity contribution in [3.8, 4) is 0 Å². The molecule has 110 valence electrons. The van der Waals surface area contributed by atoms with Gasteiger partial charge in [-0.2, -0.15) is 0 Å². The molecule has 0 bridgehead atoms. The molecule has 1 atom stereocenters. The Labute approximate surface area is 127 Å². The molecule has 1 unspecified atom stereocenters. The Balaban J connectivity index is 1.83. The van der Waals surface area contributed by atoms with Gasteiger partial charge in [-0.25, -0.2) is 0 Å². The van der Waals surface area contributed by atoms with E-state index in [1.807, 2.05) is 18.2 Å². The summed E-state index contributed by atoms with van der Waals surface area (Å²) < 4.78 is 0. The van der Waals surface area contributed by atoms with Gasteiger partial charge in [0.15, 0.2) is 0 Å². The molecule has 2 nitrogen and oxygen atoms in total. The van der Waals surface area contributed by atoms with Crippen molar-refractivity contribution in [2.75, 3.05) is 18.0 Å². The van der Waals surface area contributed by atoms with E-state index in [2.05, 4.69) is 42.2 Å². The lowest BCUT2D eigenvalue weighted by atomic mass is 10.0. The molecular formula is C19H23NO. The normalized spacial score (nSPS) is 16.2. The Morgan fingerprint density at radius 3 is 2.67 bits per heavy atom. The zero-order valence-electron chi connectivity index (χ0n) is 12.6. The molecule has 0 saturated heterocycles. The van der Waals surface area contributed by atoms with Gasteiger partial charge in [0, 0.05) is 18.8 Å². The summed E-state index contributed by atoms with van der Waals surface area (Å²) in [6.07, 6.45) is 3.13. The van der Waals surface area contributed by atoms with Gasteiger partial charge in [0.25, 0.3) is 0 Å². The van der Waals surface area contributed by atoms with Crippen LogP contribution >= 0.6 is 0 Å². The van der Waals surface area contributed by atoms with E-state index in [1.54, 1.807) is 0 Å². The van der Waals surface area contributed by atoms with E-state index in [4.69, 9.17) is 0 Å². The summed E-state index contributed by atoms with van der Waals surface area (Å²) in [6, 6.07) is 16.7. The SMILES string of the molecule is Cc1ccccc1C(O)CN1CCCCc2ccccc21. The number of nitrogens with zero attached hydrogens (tertiary/aromatic N) is 1. The number of aryl methyl sites for hydroxylation is 2. The molecule has 1 aliphatic rings. The van der Waals surface area contributed by atoms with Gasteiger partial charge >= 0.3 is 0 Å². The van der Waals surface area contributed by atoms with Gasteiger partial charge in [-0.15, -0.1) is 0 Å². The maximum Gasteiger partial charge on any atom is 0.0967 e. The molecular weight excluding hydrogens is 258 g/mol. The van der Waals surface area contributed by atoms with Crippen LogP contribution in [0.15, 0.2) is 48.5 Å². The van der Waals surface area contributed by atoms with Crippen molar-refractivity contribution in [2.24, 2.45) is 0 Å². The van der Waals surface area contributed by atoms with Gasteiger partial charge in [0.2, 0.25) is 0 Å². The Morgan fingerprint density at radius 2 is 1.81 bits per heavy atom. The third-order valence-electron chi connectivity index (χ3n) is 4.40. The van der Waals surface area contributed by atoms with Crippen molar-refractivity contribution in [3.05, 3.63) is 65.2 Å². The Morgan fingerprint density at radius 1 is 1.05 bits per heavy atom. The van der Waals surface area contributed by atoms with Crippen molar-refractivity contribution in [3.63, 3.8) is 0 Å². The fourth-order valence-electron chi connectivity index (χ4n) is 3.23. The van der Waals surface area contributed by atoms with Gasteiger partial charge in [0.1, 0.15) is 0 Å². The van der Waals surface area contributed by atoms with Gasteiger partial charge < -0.3 is 10.0 Å². The molecule has 0 saturated carbocycles. The van der Waals surface area contributed by atoms with E-state index in [0.29, 0.717) is 6.54 Å². The number of hydrogen-bond donors (Lipinski definition) is 1. The maximum absolute atomic E-state index is 10.6. The number of β-amino-alcohol motifs (C(OH)–C–C–N with tert-alkyl or cyclic N) is 1. The number of aliphatic hydroxyl groups excluding tert-OH is 1. The molecule has 0 aliphatic carbocycles. The summed E-state index contributed by atoms with van der Waals surface area (Å²) in [4.78, 5) is 2.35. The zero-order valence-corrected chi connectivity index (χ0v) is 12.6. The second kappa shape index (κ2) is 6.31. The van der Waals surface area contributed by atoms with Crippen LogP contribution in [-0.4, -0.2) is 18.2 Å². The van der Waals surface area contributed by atoms with Crippen LogP contribution in [0.4, 0.5) is 5.69 Å². The standard InChI is InChI=1S/C19H23NO/c1-15-8-2-4-11-17(15)19(21)14-20-13-7-6-10-16-9-3-5-12-18(16)20/h2-5,8-9,11-12,19,21H,6-7,10,13-14H2,1H3. The predicted octanol–water partition coefficient (Wildman–Crippen LogP) is 3.87. The molecule has 0 fully saturated rings. The lowest BCUT2D eigenvalue weighted by molar-refractivity contribution is 0.182. The highest BCUT2D eigenvalue weighted by atomic mass is 16.3. The second-order valence-electron chi connectivity index (χ2n) is 5.90. The molecule has 21 heavy (non-hydrogen) atoms. The first-order valence-corrected chi connectivity index (χ1v) is 7.82. The first kappa shape index (κ1) is 14.2. The number of anilines is 1. The van der Waals surface area contributed by atoms with E-state index >= 15 is 0 Å². The van der Waals surface area contributed by atoms with Crippen LogP contribution in [0.25, 0.3) is 0 Å². The first-order chi connectivity index (χ1) is 10.3. The summed E-state index contributed by atoms with van der Waals surface area (Å²) in [5.41, 5.74) is 4.90. The van der Waals surface area contributed by atoms with Crippen LogP contribution in [0.1, 0.15) is 35.6 Å². The highest BCUT2D eigenvalue weighted by Crippen LogP contribution is 2.28. The minimum Gasteiger partial charge on any atom is -0.387 e. The Hall–Kier alpha value is -1.80. The summed E-state index contributed by atoms with van der Waals surface area (Å²) in [6.45, 7) is 3.76. The average molecular weight is 281 g/mol. The van der Waals surface area contributed by atoms with Crippen molar-refractivity contribution >= 4 is 5.69 Å². The average Bonchev–Trinajstić information content (AvgIpc) is 2.70. The molecule has 1 heterocycles. The van der Waals surface area contributed by atoms with E-state index in [9.17, 15) is 5.11 Å². The number of aliphatic hydroxyl groups is 1. The van der Waals surface area contributed by atoms with Crippen molar-refractivity contribution in [1.29, 1.82) is 0 Å². The molecule has 2 aromatic carbocycles. The largest absolute Gasteiger partial charge is 0.387 e. The Bertz CT molecular complexity index is 608. The van der Waals surface area contributed by atoms with Crippen LogP contribution in [0, 0.1) is 6.92 Å². The van der Waals surface area contributed by atoms with E-state index in [1.165, 1.54) is 24.1 Å². The van der Waals surface area contributed by atoms with Gasteiger partial charge in [-0.05, 0) is 48.9 Å². The quantitative estimate of drug-likeness (QED) is 0.923. The first-order valence-electron chi connectivity index (χ1n) is 7.82. The minimum absolute atomic E-state index is 0.433. The van der Waals surface area contributed by atoms with E-state index in [0.717, 1.165) is 24.1 Å². The van der Waals surface area contributed by atoms with Crippen LogP contribution in [0.3, 0.4) is 0 Å². The summed E-state index contributed by atoms with van der Waals surface area (Å²) in [5, 5.41) is 10.6. The zero-order chi connectivity index (χ0) is 14.7. The van der Waals surface area contributed by atoms with Crippen molar-refractivity contribution in [2.45, 2.75) is 32.3 Å². The topological polar surface area (TPSA) is 23.5 Å². The van der Waals surface area contributed by atoms with Crippen molar-refractivity contribution < 1.29 is 5.11 Å². The fourth-order valence-corrected chi connectivity index (χ4v) is 3.23. The highest BCUT2D eigenvalue weighted by Gasteiger charge is 2.19. The number of para-hydroxylation sites is 1. The van der Waals surface area contributed by atoms with Crippen LogP contribution < -0.4 is 4.90 Å². The fraction of sp³-hybridized carbons (Fsp3) is 0.368. The van der Waals surface area contributed by atoms with E-state index in [-0.39, 0.29) is 0 Å². The number of hydrogen-bond acceptors (Lipinski definition) is 2. The van der Waals surface area contributed by atoms with E-state index < -0.39 is 6.10 Å². The van der Waals surface area contributed by atoms with Crippen LogP contribution in [0.5, 0.6) is 0 Å². The number of benzene rings is 2. The minimum atomic E-state index is -0.433. The summed E-state index contributed by atoms with van der Waals surface area (Å²) in [5.74, 6) is 0. The third-order valence-corrected chi connectivity index (χ3v) is 4.40. The third kappa shape index (κ3) is 3.11. The molecule has 0 radical (unpaired) electrons. The lowest BCUT2D eigenvalue weighted by Gasteiger charge is -2.28. The summed E-state index contributed by atoms with van der Waals surface area (Å²) >= 11 is 0. The van der Waals surface area contributed by atoms with Gasteiger partial charge in [-0.1, -0.05) is 42.5 Å². The Kier molecular flexibility index (Phi) is 4.26. The maximum atomic E-state index is 10.6. The molecule has 1 N–H and O–H groups in total. The van der Waals surface area contributed by atoms with Gasteiger partial charge in [-0.3, -0.25) is 0 Å². The lowest BCUT2D eigenvalue weighted by Crippen LogP contribution is -2.29. The van der Waals surface area contributed by atoms with Crippen LogP contribution in [0.2, 0.25) is 0 Å². The summed E-state index contributed by atoms with van der Waals surface area (Å²) in [7, 11) is 0. The number of rotatable bonds is 3. The molecule has 1 aliphatic heterocycles. The number of fused-ring (bicyclic) bond motifs is 1. The van der Waals surface area contributed by atoms with Crippen molar-refractivity contribution in [1.82, 2.24) is 0 Å². The van der Waals surface area contributed by atoms with Crippen LogP contribution in [-0.2, 0) is 6.42 Å². The molecule has 3 rings (SSSR count). The smallest absolute Gasteiger partial charge is 0.0967 e.